The Balaban J connectivity index is 2.30. The van der Waals surface area contributed by atoms with E-state index in [9.17, 15) is 4.39 Å². The fraction of sp³-hybridized carbons (Fsp3) is 0.250. The van der Waals surface area contributed by atoms with Gasteiger partial charge in [-0.05, 0) is 42.7 Å². The number of nitrogens with two attached hydrogens (primary N) is 1. The molecule has 2 aromatic carbocycles. The molecule has 1 unspecified atom stereocenters. The average Bonchev–Trinajstić information content (AvgIpc) is 2.41. The van der Waals surface area contributed by atoms with Crippen molar-refractivity contribution in [2.24, 2.45) is 5.73 Å². The maximum Gasteiger partial charge on any atom is 0.168 e. The summed E-state index contributed by atoms with van der Waals surface area (Å²) in [5.74, 6) is -0.130. The number of rotatable bonds is 4. The molecule has 0 aromatic heterocycles. The maximum atomic E-state index is 14.2. The normalized spacial score (nSPS) is 13.8. The molecule has 0 bridgehead atoms. The van der Waals surface area contributed by atoms with Crippen LogP contribution in [0.4, 0.5) is 4.39 Å². The van der Waals surface area contributed by atoms with Gasteiger partial charge in [0.15, 0.2) is 11.6 Å². The summed E-state index contributed by atoms with van der Waals surface area (Å²) in [7, 11) is 1.45. The van der Waals surface area contributed by atoms with Crippen molar-refractivity contribution in [2.45, 2.75) is 18.9 Å². The molecule has 106 valence electrons. The zero-order valence-electron chi connectivity index (χ0n) is 11.5. The molecular formula is C16H17ClFNO. The van der Waals surface area contributed by atoms with E-state index in [0.29, 0.717) is 17.0 Å². The monoisotopic (exact) mass is 293 g/mol. The molecular weight excluding hydrogens is 277 g/mol. The molecule has 0 saturated carbocycles. The van der Waals surface area contributed by atoms with Crippen molar-refractivity contribution in [3.05, 3.63) is 64.4 Å². The van der Waals surface area contributed by atoms with Crippen molar-refractivity contribution < 1.29 is 9.13 Å². The van der Waals surface area contributed by atoms with E-state index in [1.54, 1.807) is 30.3 Å². The highest BCUT2D eigenvalue weighted by atomic mass is 35.5. The lowest BCUT2D eigenvalue weighted by Crippen LogP contribution is -2.35. The van der Waals surface area contributed by atoms with Crippen LogP contribution in [0.2, 0.25) is 5.02 Å². The van der Waals surface area contributed by atoms with Crippen molar-refractivity contribution in [3.63, 3.8) is 0 Å². The van der Waals surface area contributed by atoms with Gasteiger partial charge in [0.2, 0.25) is 0 Å². The van der Waals surface area contributed by atoms with Gasteiger partial charge in [0.1, 0.15) is 0 Å². The van der Waals surface area contributed by atoms with Gasteiger partial charge >= 0.3 is 0 Å². The minimum Gasteiger partial charge on any atom is -0.494 e. The van der Waals surface area contributed by atoms with Crippen molar-refractivity contribution in [1.29, 1.82) is 0 Å². The first kappa shape index (κ1) is 14.8. The number of ether oxygens (including phenoxy) is 1. The Morgan fingerprint density at radius 1 is 1.20 bits per heavy atom. The third kappa shape index (κ3) is 3.11. The third-order valence-corrected chi connectivity index (χ3v) is 3.58. The molecule has 2 rings (SSSR count). The molecule has 0 heterocycles. The minimum atomic E-state index is -0.683. The summed E-state index contributed by atoms with van der Waals surface area (Å²) in [6.07, 6.45) is 0.373. The third-order valence-electron chi connectivity index (χ3n) is 3.32. The molecule has 4 heteroatoms. The van der Waals surface area contributed by atoms with Gasteiger partial charge in [-0.2, -0.15) is 0 Å². The zero-order valence-corrected chi connectivity index (χ0v) is 12.2. The zero-order chi connectivity index (χ0) is 14.8. The topological polar surface area (TPSA) is 35.2 Å². The van der Waals surface area contributed by atoms with Gasteiger partial charge in [0.25, 0.3) is 0 Å². The lowest BCUT2D eigenvalue weighted by Gasteiger charge is -2.26. The van der Waals surface area contributed by atoms with Gasteiger partial charge in [-0.25, -0.2) is 4.39 Å². The lowest BCUT2D eigenvalue weighted by molar-refractivity contribution is 0.380. The van der Waals surface area contributed by atoms with Gasteiger partial charge in [-0.1, -0.05) is 35.9 Å². The first-order valence-electron chi connectivity index (χ1n) is 6.30. The second-order valence-corrected chi connectivity index (χ2v) is 5.47. The Morgan fingerprint density at radius 2 is 1.85 bits per heavy atom. The van der Waals surface area contributed by atoms with E-state index in [4.69, 9.17) is 22.1 Å². The molecule has 1 atom stereocenters. The van der Waals surface area contributed by atoms with Crippen LogP contribution in [0.1, 0.15) is 18.1 Å². The van der Waals surface area contributed by atoms with Crippen molar-refractivity contribution in [3.8, 4) is 5.75 Å². The molecule has 2 aromatic rings. The number of methoxy groups -OCH3 is 1. The molecule has 0 radical (unpaired) electrons. The summed E-state index contributed by atoms with van der Waals surface area (Å²) in [5, 5.41) is 0.650. The SMILES string of the molecule is COc1cccc(CC(C)(N)c2ccc(Cl)cc2)c1F. The smallest absolute Gasteiger partial charge is 0.168 e. The first-order chi connectivity index (χ1) is 9.44. The van der Waals surface area contributed by atoms with Gasteiger partial charge in [-0.3, -0.25) is 0 Å². The second-order valence-electron chi connectivity index (χ2n) is 5.03. The van der Waals surface area contributed by atoms with Gasteiger partial charge in [0.05, 0.1) is 7.11 Å². The van der Waals surface area contributed by atoms with E-state index in [2.05, 4.69) is 0 Å². The summed E-state index contributed by atoms with van der Waals surface area (Å²) in [5.41, 5.74) is 7.09. The van der Waals surface area contributed by atoms with Crippen LogP contribution in [0.3, 0.4) is 0 Å². The van der Waals surface area contributed by atoms with Gasteiger partial charge in [0, 0.05) is 10.6 Å². The van der Waals surface area contributed by atoms with Crippen LogP contribution in [-0.4, -0.2) is 7.11 Å². The fourth-order valence-electron chi connectivity index (χ4n) is 2.18. The highest BCUT2D eigenvalue weighted by Crippen LogP contribution is 2.28. The highest BCUT2D eigenvalue weighted by Gasteiger charge is 2.24. The van der Waals surface area contributed by atoms with Crippen LogP contribution in [0.15, 0.2) is 42.5 Å². The van der Waals surface area contributed by atoms with E-state index in [-0.39, 0.29) is 11.6 Å². The average molecular weight is 294 g/mol. The number of hydrogen-bond donors (Lipinski definition) is 1. The maximum absolute atomic E-state index is 14.2. The minimum absolute atomic E-state index is 0.231. The molecule has 2 N–H and O–H groups in total. The summed E-state index contributed by atoms with van der Waals surface area (Å²) >= 11 is 5.87. The van der Waals surface area contributed by atoms with Gasteiger partial charge in [-0.15, -0.1) is 0 Å². The number of hydrogen-bond acceptors (Lipinski definition) is 2. The molecule has 0 amide bonds. The van der Waals surface area contributed by atoms with E-state index >= 15 is 0 Å². The van der Waals surface area contributed by atoms with E-state index in [0.717, 1.165) is 5.56 Å². The molecule has 0 aliphatic heterocycles. The van der Waals surface area contributed by atoms with E-state index < -0.39 is 5.54 Å². The Hall–Kier alpha value is -1.58. The molecule has 0 saturated heterocycles. The quantitative estimate of drug-likeness (QED) is 0.928. The first-order valence-corrected chi connectivity index (χ1v) is 6.68. The van der Waals surface area contributed by atoms with Crippen LogP contribution in [0.25, 0.3) is 0 Å². The van der Waals surface area contributed by atoms with E-state index in [1.165, 1.54) is 7.11 Å². The summed E-state index contributed by atoms with van der Waals surface area (Å²) in [6, 6.07) is 12.4. The second kappa shape index (κ2) is 5.81. The van der Waals surface area contributed by atoms with Gasteiger partial charge < -0.3 is 10.5 Å². The Kier molecular flexibility index (Phi) is 4.31. The summed E-state index contributed by atoms with van der Waals surface area (Å²) < 4.78 is 19.2. The van der Waals surface area contributed by atoms with Crippen molar-refractivity contribution in [2.75, 3.05) is 7.11 Å². The Bertz CT molecular complexity index is 596. The van der Waals surface area contributed by atoms with Crippen LogP contribution < -0.4 is 10.5 Å². The highest BCUT2D eigenvalue weighted by molar-refractivity contribution is 6.30. The number of benzene rings is 2. The van der Waals surface area contributed by atoms with Crippen LogP contribution in [0.5, 0.6) is 5.75 Å². The molecule has 0 spiro atoms. The predicted molar refractivity (Wildman–Crippen MR) is 79.6 cm³/mol. The van der Waals surface area contributed by atoms with E-state index in [1.807, 2.05) is 19.1 Å². The fourth-order valence-corrected chi connectivity index (χ4v) is 2.30. The Labute approximate surface area is 123 Å². The molecule has 0 aliphatic carbocycles. The van der Waals surface area contributed by atoms with Crippen molar-refractivity contribution in [1.82, 2.24) is 0 Å². The lowest BCUT2D eigenvalue weighted by atomic mass is 9.86. The molecule has 20 heavy (non-hydrogen) atoms. The van der Waals surface area contributed by atoms with Crippen LogP contribution >= 0.6 is 11.6 Å². The molecule has 2 nitrogen and oxygen atoms in total. The van der Waals surface area contributed by atoms with Crippen LogP contribution in [-0.2, 0) is 12.0 Å². The van der Waals surface area contributed by atoms with Crippen molar-refractivity contribution >= 4 is 11.6 Å². The molecule has 0 aliphatic rings. The molecule has 0 fully saturated rings. The number of halogens is 2. The standard InChI is InChI=1S/C16H17ClFNO/c1-16(19,12-6-8-13(17)9-7-12)10-11-4-3-5-14(20-2)15(11)18/h3-9H,10,19H2,1-2H3. The Morgan fingerprint density at radius 3 is 2.45 bits per heavy atom. The summed E-state index contributed by atoms with van der Waals surface area (Å²) in [4.78, 5) is 0. The predicted octanol–water partition coefficient (Wildman–Crippen LogP) is 3.90. The largest absolute Gasteiger partial charge is 0.494 e. The summed E-state index contributed by atoms with van der Waals surface area (Å²) in [6.45, 7) is 1.87. The van der Waals surface area contributed by atoms with Crippen LogP contribution in [0, 0.1) is 5.82 Å².